The fraction of sp³-hybridized carbons (Fsp3) is 0.273. The molecule has 0 unspecified atom stereocenters. The van der Waals surface area contributed by atoms with Crippen LogP contribution in [0, 0.1) is 0 Å². The van der Waals surface area contributed by atoms with Crippen LogP contribution in [0.1, 0.15) is 23.7 Å². The number of carbonyl (C=O) groups excluding carboxylic acids is 1. The van der Waals surface area contributed by atoms with E-state index >= 15 is 0 Å². The number of hydrogen-bond acceptors (Lipinski definition) is 4. The Kier molecular flexibility index (Phi) is 5.71. The maximum absolute atomic E-state index is 12.5. The first-order valence-electron chi connectivity index (χ1n) is 9.72. The number of amides is 1. The molecule has 1 aliphatic heterocycles. The Balaban J connectivity index is 1.35. The van der Waals surface area contributed by atoms with Crippen LogP contribution in [-0.4, -0.2) is 41.8 Å². The van der Waals surface area contributed by atoms with Crippen LogP contribution in [0.5, 0.6) is 5.75 Å². The Morgan fingerprint density at radius 2 is 2.00 bits per heavy atom. The average molecular weight is 411 g/mol. The molecular formula is C22H23ClN4O2. The molecule has 2 aromatic carbocycles. The molecule has 1 fully saturated rings. The minimum absolute atomic E-state index is 0.0659. The molecule has 150 valence electrons. The third kappa shape index (κ3) is 4.54. The normalized spacial score (nSPS) is 16.1. The van der Waals surface area contributed by atoms with Crippen LogP contribution in [0.2, 0.25) is 5.02 Å². The molecule has 3 aromatic rings. The van der Waals surface area contributed by atoms with Crippen molar-refractivity contribution in [3.05, 3.63) is 65.2 Å². The molecule has 0 saturated carbocycles. The van der Waals surface area contributed by atoms with Crippen molar-refractivity contribution in [2.45, 2.75) is 19.4 Å². The Morgan fingerprint density at radius 3 is 2.72 bits per heavy atom. The molecule has 1 atom stereocenters. The van der Waals surface area contributed by atoms with Crippen LogP contribution in [0.3, 0.4) is 0 Å². The van der Waals surface area contributed by atoms with Crippen LogP contribution >= 0.6 is 11.6 Å². The van der Waals surface area contributed by atoms with Crippen molar-refractivity contribution >= 4 is 23.3 Å². The number of nitrogens with zero attached hydrogens (tertiary/aromatic N) is 2. The van der Waals surface area contributed by atoms with Gasteiger partial charge in [-0.1, -0.05) is 23.7 Å². The molecular weight excluding hydrogens is 388 g/mol. The molecule has 1 amide bonds. The fourth-order valence-electron chi connectivity index (χ4n) is 3.47. The standard InChI is InChI=1S/C22H23ClN4O2/c1-2-29-19-9-5-16(6-10-19)22(28)24-18-11-12-27(14-18)21-13-20(25-26-21)15-3-7-17(23)8-4-15/h3-10,13,18H,2,11-12,14H2,1H3,(H,24,28)(H,25,26)/t18-/m1/s1. The van der Waals surface area contributed by atoms with Gasteiger partial charge in [0, 0.05) is 35.8 Å². The molecule has 0 aliphatic carbocycles. The average Bonchev–Trinajstić information content (AvgIpc) is 3.39. The first-order chi connectivity index (χ1) is 14.1. The van der Waals surface area contributed by atoms with Gasteiger partial charge in [0.25, 0.3) is 5.91 Å². The molecule has 4 rings (SSSR count). The number of halogens is 1. The fourth-order valence-corrected chi connectivity index (χ4v) is 3.60. The molecule has 1 aliphatic rings. The zero-order valence-corrected chi connectivity index (χ0v) is 16.9. The molecule has 6 nitrogen and oxygen atoms in total. The predicted molar refractivity (Wildman–Crippen MR) is 115 cm³/mol. The number of hydrogen-bond donors (Lipinski definition) is 2. The topological polar surface area (TPSA) is 70.2 Å². The van der Waals surface area contributed by atoms with Gasteiger partial charge in [0.15, 0.2) is 5.82 Å². The molecule has 0 spiro atoms. The number of benzene rings is 2. The zero-order valence-electron chi connectivity index (χ0n) is 16.2. The molecule has 0 radical (unpaired) electrons. The Morgan fingerprint density at radius 1 is 1.24 bits per heavy atom. The minimum atomic E-state index is -0.0659. The largest absolute Gasteiger partial charge is 0.494 e. The van der Waals surface area contributed by atoms with E-state index in [9.17, 15) is 4.79 Å². The number of aromatic amines is 1. The Hall–Kier alpha value is -2.99. The van der Waals surface area contributed by atoms with Gasteiger partial charge in [0.1, 0.15) is 5.75 Å². The molecule has 29 heavy (non-hydrogen) atoms. The molecule has 2 heterocycles. The number of ether oxygens (including phenoxy) is 1. The summed E-state index contributed by atoms with van der Waals surface area (Å²) in [6, 6.07) is 17.0. The Labute approximate surface area is 174 Å². The van der Waals surface area contributed by atoms with Gasteiger partial charge in [-0.2, -0.15) is 5.10 Å². The highest BCUT2D eigenvalue weighted by Crippen LogP contribution is 2.25. The number of nitrogens with one attached hydrogen (secondary N) is 2. The lowest BCUT2D eigenvalue weighted by atomic mass is 10.1. The van der Waals surface area contributed by atoms with Crippen molar-refractivity contribution in [1.29, 1.82) is 0 Å². The third-order valence-corrected chi connectivity index (χ3v) is 5.25. The van der Waals surface area contributed by atoms with Crippen LogP contribution in [0.15, 0.2) is 54.6 Å². The maximum atomic E-state index is 12.5. The first-order valence-corrected chi connectivity index (χ1v) is 10.1. The lowest BCUT2D eigenvalue weighted by Crippen LogP contribution is -2.37. The van der Waals surface area contributed by atoms with E-state index in [0.29, 0.717) is 17.2 Å². The van der Waals surface area contributed by atoms with Crippen LogP contribution < -0.4 is 15.0 Å². The van der Waals surface area contributed by atoms with Gasteiger partial charge in [-0.25, -0.2) is 0 Å². The van der Waals surface area contributed by atoms with Crippen molar-refractivity contribution in [3.63, 3.8) is 0 Å². The van der Waals surface area contributed by atoms with E-state index in [2.05, 4.69) is 20.4 Å². The highest BCUT2D eigenvalue weighted by atomic mass is 35.5. The van der Waals surface area contributed by atoms with Crippen molar-refractivity contribution in [2.75, 3.05) is 24.6 Å². The van der Waals surface area contributed by atoms with Crippen molar-refractivity contribution in [1.82, 2.24) is 15.5 Å². The monoisotopic (exact) mass is 410 g/mol. The van der Waals surface area contributed by atoms with Gasteiger partial charge < -0.3 is 15.0 Å². The summed E-state index contributed by atoms with van der Waals surface area (Å²) in [5.74, 6) is 1.59. The second kappa shape index (κ2) is 8.57. The quantitative estimate of drug-likeness (QED) is 0.640. The minimum Gasteiger partial charge on any atom is -0.494 e. The van der Waals surface area contributed by atoms with E-state index in [1.165, 1.54) is 0 Å². The van der Waals surface area contributed by atoms with Crippen LogP contribution in [0.25, 0.3) is 11.3 Å². The van der Waals surface area contributed by atoms with E-state index in [4.69, 9.17) is 16.3 Å². The second-order valence-corrected chi connectivity index (χ2v) is 7.45. The first kappa shape index (κ1) is 19.3. The Bertz CT molecular complexity index is 969. The van der Waals surface area contributed by atoms with Crippen LogP contribution in [0.4, 0.5) is 5.82 Å². The van der Waals surface area contributed by atoms with Crippen LogP contribution in [-0.2, 0) is 0 Å². The summed E-state index contributed by atoms with van der Waals surface area (Å²) in [4.78, 5) is 14.7. The SMILES string of the molecule is CCOc1ccc(C(=O)N[C@@H]2CCN(c3cc(-c4ccc(Cl)cc4)[nH]n3)C2)cc1. The van der Waals surface area contributed by atoms with E-state index in [1.54, 1.807) is 12.1 Å². The molecule has 0 bridgehead atoms. The van der Waals surface area contributed by atoms with Gasteiger partial charge in [-0.15, -0.1) is 0 Å². The van der Waals surface area contributed by atoms with Gasteiger partial charge in [-0.05, 0) is 55.3 Å². The summed E-state index contributed by atoms with van der Waals surface area (Å²) < 4.78 is 5.42. The summed E-state index contributed by atoms with van der Waals surface area (Å²) in [5, 5.41) is 11.3. The maximum Gasteiger partial charge on any atom is 0.251 e. The highest BCUT2D eigenvalue weighted by molar-refractivity contribution is 6.30. The summed E-state index contributed by atoms with van der Waals surface area (Å²) in [6.45, 7) is 4.12. The zero-order chi connectivity index (χ0) is 20.2. The summed E-state index contributed by atoms with van der Waals surface area (Å²) in [7, 11) is 0. The summed E-state index contributed by atoms with van der Waals surface area (Å²) >= 11 is 5.96. The summed E-state index contributed by atoms with van der Waals surface area (Å²) in [5.41, 5.74) is 2.61. The smallest absolute Gasteiger partial charge is 0.251 e. The van der Waals surface area contributed by atoms with Crippen molar-refractivity contribution in [3.8, 4) is 17.0 Å². The van der Waals surface area contributed by atoms with E-state index in [-0.39, 0.29) is 11.9 Å². The predicted octanol–water partition coefficient (Wildman–Crippen LogP) is 4.14. The lowest BCUT2D eigenvalue weighted by Gasteiger charge is -2.16. The van der Waals surface area contributed by atoms with Gasteiger partial charge in [0.05, 0.1) is 12.3 Å². The molecule has 7 heteroatoms. The van der Waals surface area contributed by atoms with Gasteiger partial charge in [-0.3, -0.25) is 9.89 Å². The number of carbonyl (C=O) groups is 1. The molecule has 1 saturated heterocycles. The van der Waals surface area contributed by atoms with Gasteiger partial charge in [0.2, 0.25) is 0 Å². The molecule has 1 aromatic heterocycles. The summed E-state index contributed by atoms with van der Waals surface area (Å²) in [6.07, 6.45) is 0.881. The number of H-pyrrole nitrogens is 1. The van der Waals surface area contributed by atoms with Crippen molar-refractivity contribution < 1.29 is 9.53 Å². The van der Waals surface area contributed by atoms with Gasteiger partial charge >= 0.3 is 0 Å². The third-order valence-electron chi connectivity index (χ3n) is 4.99. The van der Waals surface area contributed by atoms with Crippen molar-refractivity contribution in [2.24, 2.45) is 0 Å². The highest BCUT2D eigenvalue weighted by Gasteiger charge is 2.26. The number of anilines is 1. The van der Waals surface area contributed by atoms with E-state index < -0.39 is 0 Å². The lowest BCUT2D eigenvalue weighted by molar-refractivity contribution is 0.0940. The number of aromatic nitrogens is 2. The van der Waals surface area contributed by atoms with E-state index in [0.717, 1.165) is 42.3 Å². The molecule has 2 N–H and O–H groups in total. The van der Waals surface area contributed by atoms with E-state index in [1.807, 2.05) is 49.4 Å². The second-order valence-electron chi connectivity index (χ2n) is 7.01. The number of rotatable bonds is 6.